The Kier molecular flexibility index (Phi) is 3.83. The third-order valence-corrected chi connectivity index (χ3v) is 3.50. The van der Waals surface area contributed by atoms with Crippen molar-refractivity contribution in [3.05, 3.63) is 17.7 Å². The van der Waals surface area contributed by atoms with Gasteiger partial charge < -0.3 is 20.1 Å². The molecule has 0 aliphatic carbocycles. The average molecular weight is 264 g/mol. The van der Waals surface area contributed by atoms with Crippen LogP contribution in [-0.4, -0.2) is 38.1 Å². The minimum Gasteiger partial charge on any atom is -0.493 e. The number of hydrogen-bond acceptors (Lipinski definition) is 4. The summed E-state index contributed by atoms with van der Waals surface area (Å²) in [6.07, 6.45) is 1.04. The molecule has 19 heavy (non-hydrogen) atoms. The number of nitrogens with two attached hydrogens (primary N) is 1. The Bertz CT molecular complexity index is 488. The molecule has 1 atom stereocenters. The van der Waals surface area contributed by atoms with Crippen LogP contribution in [0.4, 0.5) is 5.69 Å². The van der Waals surface area contributed by atoms with Crippen molar-refractivity contribution >= 4 is 11.6 Å². The van der Waals surface area contributed by atoms with E-state index >= 15 is 0 Å². The zero-order chi connectivity index (χ0) is 14.0. The summed E-state index contributed by atoms with van der Waals surface area (Å²) in [5.41, 5.74) is 6.84. The van der Waals surface area contributed by atoms with Crippen LogP contribution >= 0.6 is 0 Å². The lowest BCUT2D eigenvalue weighted by atomic mass is 10.1. The summed E-state index contributed by atoms with van der Waals surface area (Å²) >= 11 is 0. The van der Waals surface area contributed by atoms with E-state index in [1.54, 1.807) is 26.4 Å². The van der Waals surface area contributed by atoms with E-state index in [2.05, 4.69) is 6.92 Å². The first-order valence-electron chi connectivity index (χ1n) is 6.37. The van der Waals surface area contributed by atoms with Crippen molar-refractivity contribution in [2.75, 3.05) is 33.0 Å². The molecule has 2 rings (SSSR count). The number of ether oxygens (including phenoxy) is 2. The molecule has 1 amide bonds. The average Bonchev–Trinajstić information content (AvgIpc) is 2.84. The fourth-order valence-corrected chi connectivity index (χ4v) is 2.37. The van der Waals surface area contributed by atoms with Crippen molar-refractivity contribution in [2.45, 2.75) is 13.3 Å². The summed E-state index contributed by atoms with van der Waals surface area (Å²) in [4.78, 5) is 14.3. The molecule has 104 valence electrons. The maximum absolute atomic E-state index is 12.4. The summed E-state index contributed by atoms with van der Waals surface area (Å²) < 4.78 is 10.4. The minimum atomic E-state index is -0.0391. The standard InChI is InChI=1S/C14H20N2O3/c1-9-4-5-16(8-9)14(17)10-6-12(18-2)13(19-3)7-11(10)15/h6-7,9H,4-5,8,15H2,1-3H3. The summed E-state index contributed by atoms with van der Waals surface area (Å²) in [6, 6.07) is 3.28. The highest BCUT2D eigenvalue weighted by Crippen LogP contribution is 2.33. The first kappa shape index (κ1) is 13.5. The second-order valence-corrected chi connectivity index (χ2v) is 4.94. The molecule has 5 nitrogen and oxygen atoms in total. The smallest absolute Gasteiger partial charge is 0.256 e. The largest absolute Gasteiger partial charge is 0.493 e. The lowest BCUT2D eigenvalue weighted by Crippen LogP contribution is -2.29. The maximum Gasteiger partial charge on any atom is 0.256 e. The molecule has 2 N–H and O–H groups in total. The molecular weight excluding hydrogens is 244 g/mol. The van der Waals surface area contributed by atoms with Gasteiger partial charge in [-0.1, -0.05) is 6.92 Å². The summed E-state index contributed by atoms with van der Waals surface area (Å²) in [5.74, 6) is 1.56. The van der Waals surface area contributed by atoms with Gasteiger partial charge in [-0.15, -0.1) is 0 Å². The Labute approximate surface area is 113 Å². The molecule has 0 saturated carbocycles. The number of carbonyl (C=O) groups is 1. The van der Waals surface area contributed by atoms with E-state index in [0.717, 1.165) is 19.5 Å². The van der Waals surface area contributed by atoms with Gasteiger partial charge >= 0.3 is 0 Å². The van der Waals surface area contributed by atoms with E-state index in [1.165, 1.54) is 0 Å². The molecule has 1 aromatic carbocycles. The van der Waals surface area contributed by atoms with E-state index < -0.39 is 0 Å². The Morgan fingerprint density at radius 1 is 1.32 bits per heavy atom. The van der Waals surface area contributed by atoms with E-state index in [-0.39, 0.29) is 5.91 Å². The van der Waals surface area contributed by atoms with Gasteiger partial charge in [0.25, 0.3) is 5.91 Å². The van der Waals surface area contributed by atoms with Crippen molar-refractivity contribution in [3.63, 3.8) is 0 Å². The molecular formula is C14H20N2O3. The number of nitrogen functional groups attached to an aromatic ring is 1. The van der Waals surface area contributed by atoms with Gasteiger partial charge in [0.2, 0.25) is 0 Å². The van der Waals surface area contributed by atoms with E-state index in [4.69, 9.17) is 15.2 Å². The second-order valence-electron chi connectivity index (χ2n) is 4.94. The first-order chi connectivity index (χ1) is 9.06. The highest BCUT2D eigenvalue weighted by Gasteiger charge is 2.26. The summed E-state index contributed by atoms with van der Waals surface area (Å²) in [5, 5.41) is 0. The molecule has 1 fully saturated rings. The van der Waals surface area contributed by atoms with Gasteiger partial charge in [0, 0.05) is 24.8 Å². The van der Waals surface area contributed by atoms with Gasteiger partial charge in [-0.05, 0) is 18.4 Å². The third-order valence-electron chi connectivity index (χ3n) is 3.50. The summed E-state index contributed by atoms with van der Waals surface area (Å²) in [6.45, 7) is 3.71. The lowest BCUT2D eigenvalue weighted by Gasteiger charge is -2.18. The van der Waals surface area contributed by atoms with Crippen LogP contribution in [0.15, 0.2) is 12.1 Å². The van der Waals surface area contributed by atoms with Gasteiger partial charge in [-0.2, -0.15) is 0 Å². The van der Waals surface area contributed by atoms with Crippen molar-refractivity contribution < 1.29 is 14.3 Å². The van der Waals surface area contributed by atoms with E-state index in [9.17, 15) is 4.79 Å². The Morgan fingerprint density at radius 3 is 2.47 bits per heavy atom. The number of hydrogen-bond donors (Lipinski definition) is 1. The highest BCUT2D eigenvalue weighted by molar-refractivity contribution is 6.00. The van der Waals surface area contributed by atoms with Crippen molar-refractivity contribution in [2.24, 2.45) is 5.92 Å². The second kappa shape index (κ2) is 5.38. The number of anilines is 1. The van der Waals surface area contributed by atoms with Crippen LogP contribution in [0, 0.1) is 5.92 Å². The normalized spacial score (nSPS) is 18.5. The number of rotatable bonds is 3. The molecule has 0 aromatic heterocycles. The quantitative estimate of drug-likeness (QED) is 0.845. The van der Waals surface area contributed by atoms with Gasteiger partial charge in [0.1, 0.15) is 0 Å². The molecule has 0 bridgehead atoms. The van der Waals surface area contributed by atoms with Crippen LogP contribution in [-0.2, 0) is 0 Å². The Balaban J connectivity index is 2.31. The highest BCUT2D eigenvalue weighted by atomic mass is 16.5. The number of likely N-dealkylation sites (tertiary alicyclic amines) is 1. The van der Waals surface area contributed by atoms with Crippen LogP contribution in [0.25, 0.3) is 0 Å². The molecule has 0 spiro atoms. The topological polar surface area (TPSA) is 64.8 Å². The van der Waals surface area contributed by atoms with Gasteiger partial charge in [-0.25, -0.2) is 0 Å². The van der Waals surface area contributed by atoms with Crippen molar-refractivity contribution in [1.82, 2.24) is 4.90 Å². The first-order valence-corrected chi connectivity index (χ1v) is 6.37. The molecule has 1 aromatic rings. The molecule has 1 aliphatic rings. The van der Waals surface area contributed by atoms with Crippen LogP contribution < -0.4 is 15.2 Å². The SMILES string of the molecule is COc1cc(N)c(C(=O)N2CCC(C)C2)cc1OC. The third kappa shape index (κ3) is 2.59. The minimum absolute atomic E-state index is 0.0391. The fraction of sp³-hybridized carbons (Fsp3) is 0.500. The van der Waals surface area contributed by atoms with E-state index in [0.29, 0.717) is 28.7 Å². The molecule has 1 saturated heterocycles. The predicted molar refractivity (Wildman–Crippen MR) is 73.6 cm³/mol. The number of benzene rings is 1. The zero-order valence-corrected chi connectivity index (χ0v) is 11.6. The van der Waals surface area contributed by atoms with Gasteiger partial charge in [-0.3, -0.25) is 4.79 Å². The predicted octanol–water partition coefficient (Wildman–Crippen LogP) is 1.77. The summed E-state index contributed by atoms with van der Waals surface area (Å²) in [7, 11) is 3.08. The Morgan fingerprint density at radius 2 is 1.95 bits per heavy atom. The van der Waals surface area contributed by atoms with Gasteiger partial charge in [0.05, 0.1) is 19.8 Å². The van der Waals surface area contributed by atoms with Crippen LogP contribution in [0.3, 0.4) is 0 Å². The molecule has 5 heteroatoms. The lowest BCUT2D eigenvalue weighted by molar-refractivity contribution is 0.0788. The molecule has 0 radical (unpaired) electrons. The molecule has 1 heterocycles. The number of amides is 1. The maximum atomic E-state index is 12.4. The van der Waals surface area contributed by atoms with Crippen LogP contribution in [0.5, 0.6) is 11.5 Å². The Hall–Kier alpha value is -1.91. The number of carbonyl (C=O) groups excluding carboxylic acids is 1. The van der Waals surface area contributed by atoms with E-state index in [1.807, 2.05) is 4.90 Å². The molecule has 1 unspecified atom stereocenters. The fourth-order valence-electron chi connectivity index (χ4n) is 2.37. The number of methoxy groups -OCH3 is 2. The number of nitrogens with zero attached hydrogens (tertiary/aromatic N) is 1. The van der Waals surface area contributed by atoms with Crippen molar-refractivity contribution in [3.8, 4) is 11.5 Å². The molecule has 1 aliphatic heterocycles. The van der Waals surface area contributed by atoms with Crippen LogP contribution in [0.1, 0.15) is 23.7 Å². The zero-order valence-electron chi connectivity index (χ0n) is 11.6. The monoisotopic (exact) mass is 264 g/mol. The van der Waals surface area contributed by atoms with Gasteiger partial charge in [0.15, 0.2) is 11.5 Å². The van der Waals surface area contributed by atoms with Crippen LogP contribution in [0.2, 0.25) is 0 Å². The van der Waals surface area contributed by atoms with Crippen molar-refractivity contribution in [1.29, 1.82) is 0 Å².